The van der Waals surface area contributed by atoms with Crippen LogP contribution in [0.25, 0.3) is 0 Å². The lowest BCUT2D eigenvalue weighted by Gasteiger charge is -2.17. The van der Waals surface area contributed by atoms with E-state index in [0.717, 1.165) is 30.4 Å². The highest BCUT2D eigenvalue weighted by Crippen LogP contribution is 2.51. The number of halogens is 3. The molecular formula is C20H18F3NO. The van der Waals surface area contributed by atoms with E-state index in [1.165, 1.54) is 5.56 Å². The van der Waals surface area contributed by atoms with Gasteiger partial charge in [0.2, 0.25) is 5.60 Å². The number of alkyl halides is 3. The van der Waals surface area contributed by atoms with Crippen LogP contribution < -0.4 is 0 Å². The first-order valence-corrected chi connectivity index (χ1v) is 8.39. The molecule has 25 heavy (non-hydrogen) atoms. The van der Waals surface area contributed by atoms with E-state index in [9.17, 15) is 13.2 Å². The quantitative estimate of drug-likeness (QED) is 0.755. The fourth-order valence-electron chi connectivity index (χ4n) is 3.38. The third-order valence-corrected chi connectivity index (χ3v) is 4.99. The summed E-state index contributed by atoms with van der Waals surface area (Å²) in [5.74, 6) is 0. The van der Waals surface area contributed by atoms with Crippen molar-refractivity contribution >= 4 is 6.21 Å². The van der Waals surface area contributed by atoms with Crippen LogP contribution in [-0.4, -0.2) is 25.0 Å². The summed E-state index contributed by atoms with van der Waals surface area (Å²) in [6.45, 7) is -0.303. The van der Waals surface area contributed by atoms with Gasteiger partial charge in [-0.05, 0) is 47.6 Å². The molecule has 0 radical (unpaired) electrons. The van der Waals surface area contributed by atoms with Crippen LogP contribution in [0.5, 0.6) is 0 Å². The summed E-state index contributed by atoms with van der Waals surface area (Å²) in [5.41, 5.74) is 1.09. The van der Waals surface area contributed by atoms with Gasteiger partial charge in [-0.2, -0.15) is 13.2 Å². The van der Waals surface area contributed by atoms with E-state index in [4.69, 9.17) is 4.74 Å². The van der Waals surface area contributed by atoms with Crippen LogP contribution in [0.4, 0.5) is 13.2 Å². The van der Waals surface area contributed by atoms with Crippen molar-refractivity contribution in [3.05, 3.63) is 70.8 Å². The molecule has 2 aromatic carbocycles. The Morgan fingerprint density at radius 1 is 1.12 bits per heavy atom. The fraction of sp³-hybridized carbons (Fsp3) is 0.350. The standard InChI is InChI=1S/C20H18F3NO/c21-20(22,23)19(13-25-19)17-8-6-15-7-9-18(24-12-16(15)11-17)10-14-4-2-1-3-5-14/h1-6,8,11-12,18H,7,9-10,13H2. The Labute approximate surface area is 144 Å². The Morgan fingerprint density at radius 3 is 2.56 bits per heavy atom. The molecule has 2 nitrogen and oxygen atoms in total. The number of rotatable bonds is 3. The van der Waals surface area contributed by atoms with Crippen LogP contribution in [0.2, 0.25) is 0 Å². The first-order valence-electron chi connectivity index (χ1n) is 8.39. The van der Waals surface area contributed by atoms with Gasteiger partial charge >= 0.3 is 6.18 Å². The summed E-state index contributed by atoms with van der Waals surface area (Å²) in [5, 5.41) is 0. The molecule has 4 rings (SSSR count). The third kappa shape index (κ3) is 3.09. The van der Waals surface area contributed by atoms with Crippen molar-refractivity contribution in [1.29, 1.82) is 0 Å². The molecule has 2 aliphatic heterocycles. The molecule has 2 atom stereocenters. The minimum absolute atomic E-state index is 0.145. The third-order valence-electron chi connectivity index (χ3n) is 4.99. The predicted octanol–water partition coefficient (Wildman–Crippen LogP) is 4.45. The van der Waals surface area contributed by atoms with Gasteiger partial charge in [0.05, 0.1) is 12.6 Å². The van der Waals surface area contributed by atoms with E-state index in [-0.39, 0.29) is 18.2 Å². The second-order valence-electron chi connectivity index (χ2n) is 6.69. The number of ether oxygens (including phenoxy) is 1. The smallest absolute Gasteiger partial charge is 0.355 e. The van der Waals surface area contributed by atoms with Crippen molar-refractivity contribution in [2.24, 2.45) is 4.99 Å². The normalized spacial score (nSPS) is 25.3. The maximum Gasteiger partial charge on any atom is 0.424 e. The van der Waals surface area contributed by atoms with Gasteiger partial charge < -0.3 is 4.74 Å². The van der Waals surface area contributed by atoms with Crippen molar-refractivity contribution < 1.29 is 17.9 Å². The Hall–Kier alpha value is -2.14. The lowest BCUT2D eigenvalue weighted by Crippen LogP contribution is -2.30. The van der Waals surface area contributed by atoms with Crippen molar-refractivity contribution in [3.8, 4) is 0 Å². The molecule has 0 saturated carbocycles. The van der Waals surface area contributed by atoms with Crippen molar-refractivity contribution in [1.82, 2.24) is 0 Å². The topological polar surface area (TPSA) is 24.9 Å². The summed E-state index contributed by atoms with van der Waals surface area (Å²) in [6.07, 6.45) is -0.121. The average molecular weight is 345 g/mol. The number of aryl methyl sites for hydroxylation is 1. The van der Waals surface area contributed by atoms with Crippen molar-refractivity contribution in [2.45, 2.75) is 37.1 Å². The first-order chi connectivity index (χ1) is 12.0. The number of aliphatic imine (C=N–C) groups is 1. The summed E-state index contributed by atoms with van der Waals surface area (Å²) >= 11 is 0. The zero-order chi connectivity index (χ0) is 17.5. The van der Waals surface area contributed by atoms with E-state index in [2.05, 4.69) is 17.1 Å². The SMILES string of the molecule is FC(F)(F)C1(c2ccc3c(c2)C=NC(Cc2ccccc2)CC3)CO1. The molecule has 2 aromatic rings. The largest absolute Gasteiger partial charge is 0.424 e. The maximum atomic E-state index is 13.2. The lowest BCUT2D eigenvalue weighted by molar-refractivity contribution is -0.187. The highest BCUT2D eigenvalue weighted by Gasteiger charge is 2.67. The molecule has 5 heteroatoms. The van der Waals surface area contributed by atoms with Crippen LogP contribution in [0.15, 0.2) is 53.5 Å². The number of benzene rings is 2. The van der Waals surface area contributed by atoms with Gasteiger partial charge in [0.15, 0.2) is 0 Å². The minimum Gasteiger partial charge on any atom is -0.355 e. The highest BCUT2D eigenvalue weighted by molar-refractivity contribution is 5.83. The monoisotopic (exact) mass is 345 g/mol. The molecule has 1 saturated heterocycles. The van der Waals surface area contributed by atoms with Crippen LogP contribution in [0.3, 0.4) is 0 Å². The van der Waals surface area contributed by atoms with E-state index in [1.54, 1.807) is 24.4 Å². The molecule has 2 aliphatic rings. The van der Waals surface area contributed by atoms with Gasteiger partial charge in [0.1, 0.15) is 0 Å². The number of epoxide rings is 1. The Bertz CT molecular complexity index is 794. The fourth-order valence-corrected chi connectivity index (χ4v) is 3.38. The number of fused-ring (bicyclic) bond motifs is 1. The molecular weight excluding hydrogens is 327 g/mol. The van der Waals surface area contributed by atoms with E-state index in [0.29, 0.717) is 0 Å². The van der Waals surface area contributed by atoms with Crippen molar-refractivity contribution in [2.75, 3.05) is 6.61 Å². The summed E-state index contributed by atoms with van der Waals surface area (Å²) in [4.78, 5) is 4.62. The van der Waals surface area contributed by atoms with Crippen molar-refractivity contribution in [3.63, 3.8) is 0 Å². The summed E-state index contributed by atoms with van der Waals surface area (Å²) < 4.78 is 44.5. The van der Waals surface area contributed by atoms with Gasteiger partial charge in [0.25, 0.3) is 0 Å². The zero-order valence-corrected chi connectivity index (χ0v) is 13.6. The van der Waals surface area contributed by atoms with E-state index < -0.39 is 11.8 Å². The minimum atomic E-state index is -4.39. The van der Waals surface area contributed by atoms with Gasteiger partial charge in [-0.15, -0.1) is 0 Å². The van der Waals surface area contributed by atoms with Crippen LogP contribution in [0.1, 0.15) is 28.7 Å². The molecule has 0 bridgehead atoms. The van der Waals surface area contributed by atoms with Gasteiger partial charge in [-0.1, -0.05) is 42.5 Å². The van der Waals surface area contributed by atoms with Crippen LogP contribution >= 0.6 is 0 Å². The van der Waals surface area contributed by atoms with Gasteiger partial charge in [0, 0.05) is 6.21 Å². The molecule has 0 amide bonds. The first kappa shape index (κ1) is 16.3. The van der Waals surface area contributed by atoms with E-state index in [1.807, 2.05) is 18.2 Å². The second-order valence-corrected chi connectivity index (χ2v) is 6.69. The highest BCUT2D eigenvalue weighted by atomic mass is 19.4. The Balaban J connectivity index is 1.57. The summed E-state index contributed by atoms with van der Waals surface area (Å²) in [6, 6.07) is 15.2. The van der Waals surface area contributed by atoms with Gasteiger partial charge in [-0.3, -0.25) is 4.99 Å². The molecule has 0 aromatic heterocycles. The van der Waals surface area contributed by atoms with E-state index >= 15 is 0 Å². The van der Waals surface area contributed by atoms with Crippen LogP contribution in [-0.2, 0) is 23.2 Å². The molecule has 2 heterocycles. The summed E-state index contributed by atoms with van der Waals surface area (Å²) in [7, 11) is 0. The maximum absolute atomic E-state index is 13.2. The molecule has 0 spiro atoms. The Morgan fingerprint density at radius 2 is 1.88 bits per heavy atom. The molecule has 130 valence electrons. The second kappa shape index (κ2) is 5.99. The molecule has 0 aliphatic carbocycles. The number of hydrogen-bond acceptors (Lipinski definition) is 2. The zero-order valence-electron chi connectivity index (χ0n) is 13.6. The number of nitrogens with zero attached hydrogens (tertiary/aromatic N) is 1. The predicted molar refractivity (Wildman–Crippen MR) is 90.0 cm³/mol. The number of hydrogen-bond donors (Lipinski definition) is 0. The molecule has 1 fully saturated rings. The van der Waals surface area contributed by atoms with Crippen LogP contribution in [0, 0.1) is 0 Å². The average Bonchev–Trinajstić information content (AvgIpc) is 3.41. The van der Waals surface area contributed by atoms with Gasteiger partial charge in [-0.25, -0.2) is 0 Å². The Kier molecular flexibility index (Phi) is 3.91. The molecule has 0 N–H and O–H groups in total. The molecule has 2 unspecified atom stereocenters. The lowest BCUT2D eigenvalue weighted by atomic mass is 9.93.